The third kappa shape index (κ3) is 4.16. The lowest BCUT2D eigenvalue weighted by Crippen LogP contribution is -2.45. The predicted octanol–water partition coefficient (Wildman–Crippen LogP) is 3.61. The van der Waals surface area contributed by atoms with E-state index < -0.39 is 10.3 Å². The molecule has 1 aromatic carbocycles. The zero-order valence-electron chi connectivity index (χ0n) is 12.6. The summed E-state index contributed by atoms with van der Waals surface area (Å²) in [7, 11) is -1.93. The van der Waals surface area contributed by atoms with E-state index in [1.807, 2.05) is 27.0 Å². The summed E-state index contributed by atoms with van der Waals surface area (Å²) in [6.45, 7) is 6.24. The molecule has 0 saturated carbocycles. The molecule has 1 aromatic rings. The first-order valence-electron chi connectivity index (χ1n) is 6.99. The van der Waals surface area contributed by atoms with Crippen LogP contribution in [0, 0.1) is 0 Å². The van der Waals surface area contributed by atoms with E-state index in [-0.39, 0.29) is 5.92 Å². The van der Waals surface area contributed by atoms with E-state index in [0.29, 0.717) is 36.9 Å². The predicted molar refractivity (Wildman–Crippen MR) is 85.9 cm³/mol. The molecule has 21 heavy (non-hydrogen) atoms. The molecule has 1 atom stereocenters. The Kier molecular flexibility index (Phi) is 5.24. The molecule has 2 rings (SSSR count). The molecule has 1 fully saturated rings. The van der Waals surface area contributed by atoms with Crippen LogP contribution in [0.2, 0.25) is 5.02 Å². The van der Waals surface area contributed by atoms with E-state index in [1.165, 1.54) is 4.31 Å². The Bertz CT molecular complexity index is 621. The fourth-order valence-corrected chi connectivity index (χ4v) is 3.74. The Hall–Kier alpha value is -0.690. The Labute approximate surface area is 131 Å². The number of hydrogen-bond donors (Lipinski definition) is 0. The monoisotopic (exact) mass is 333 g/mol. The van der Waals surface area contributed by atoms with Crippen LogP contribution in [0.1, 0.15) is 25.3 Å². The fraction of sp³-hybridized carbons (Fsp3) is 0.571. The highest BCUT2D eigenvalue weighted by atomic mass is 35.5. The van der Waals surface area contributed by atoms with Crippen molar-refractivity contribution in [3.8, 4) is 0 Å². The van der Waals surface area contributed by atoms with Crippen molar-refractivity contribution in [1.29, 1.82) is 0 Å². The van der Waals surface area contributed by atoms with Crippen molar-refractivity contribution in [2.75, 3.05) is 33.2 Å². The van der Waals surface area contributed by atoms with Gasteiger partial charge >= 0.3 is 0 Å². The van der Waals surface area contributed by atoms with Crippen LogP contribution in [0.15, 0.2) is 22.6 Å². The lowest BCUT2D eigenvalue weighted by molar-refractivity contribution is 0.222. The smallest absolute Gasteiger partial charge is 0.275 e. The lowest BCUT2D eigenvalue weighted by Gasteiger charge is -2.30. The average molecular weight is 334 g/mol. The standard InChI is InChI=1S/C14H21ClFN3OS/c1-11(2)13-5-4-12(10-14(13)15)17-21(16,20)19-8-6-18(3)7-9-19/h4-5,10-11H,6-9H2,1-3H3. The topological polar surface area (TPSA) is 35.9 Å². The number of benzene rings is 1. The molecule has 118 valence electrons. The van der Waals surface area contributed by atoms with Crippen LogP contribution in [-0.4, -0.2) is 46.6 Å². The van der Waals surface area contributed by atoms with Crippen LogP contribution in [0.25, 0.3) is 0 Å². The molecule has 0 aliphatic carbocycles. The van der Waals surface area contributed by atoms with Gasteiger partial charge in [0.15, 0.2) is 0 Å². The number of nitrogens with zero attached hydrogens (tertiary/aromatic N) is 3. The quantitative estimate of drug-likeness (QED) is 0.792. The minimum Gasteiger partial charge on any atom is -0.304 e. The van der Waals surface area contributed by atoms with E-state index in [4.69, 9.17) is 11.6 Å². The van der Waals surface area contributed by atoms with E-state index in [9.17, 15) is 8.09 Å². The van der Waals surface area contributed by atoms with Crippen molar-refractivity contribution < 1.29 is 8.09 Å². The van der Waals surface area contributed by atoms with E-state index >= 15 is 0 Å². The van der Waals surface area contributed by atoms with Gasteiger partial charge in [0.25, 0.3) is 10.3 Å². The van der Waals surface area contributed by atoms with Gasteiger partial charge in [-0.15, -0.1) is 3.89 Å². The van der Waals surface area contributed by atoms with Crippen LogP contribution in [-0.2, 0) is 10.3 Å². The molecule has 0 radical (unpaired) electrons. The Morgan fingerprint density at radius 2 is 1.90 bits per heavy atom. The molecule has 4 nitrogen and oxygen atoms in total. The molecular formula is C14H21ClFN3OS. The molecule has 7 heteroatoms. The second kappa shape index (κ2) is 6.60. The van der Waals surface area contributed by atoms with Gasteiger partial charge in [-0.2, -0.15) is 12.9 Å². The molecule has 0 amide bonds. The van der Waals surface area contributed by atoms with Crippen molar-refractivity contribution in [3.63, 3.8) is 0 Å². The summed E-state index contributed by atoms with van der Waals surface area (Å²) in [4.78, 5) is 2.07. The van der Waals surface area contributed by atoms with Crippen LogP contribution in [0.3, 0.4) is 0 Å². The average Bonchev–Trinajstić information content (AvgIpc) is 2.38. The van der Waals surface area contributed by atoms with Crippen molar-refractivity contribution in [3.05, 3.63) is 28.8 Å². The maximum Gasteiger partial charge on any atom is 0.275 e. The summed E-state index contributed by atoms with van der Waals surface area (Å²) >= 11 is 6.16. The summed E-state index contributed by atoms with van der Waals surface area (Å²) in [6, 6.07) is 5.05. The Balaban J connectivity index is 2.25. The first-order valence-corrected chi connectivity index (χ1v) is 8.74. The van der Waals surface area contributed by atoms with Gasteiger partial charge in [-0.3, -0.25) is 0 Å². The second-order valence-corrected chi connectivity index (χ2v) is 7.59. The van der Waals surface area contributed by atoms with Crippen LogP contribution >= 0.6 is 11.6 Å². The van der Waals surface area contributed by atoms with Gasteiger partial charge < -0.3 is 4.90 Å². The van der Waals surface area contributed by atoms with E-state index in [2.05, 4.69) is 9.26 Å². The van der Waals surface area contributed by atoms with Gasteiger partial charge in [-0.05, 0) is 30.7 Å². The van der Waals surface area contributed by atoms with Crippen molar-refractivity contribution in [1.82, 2.24) is 9.21 Å². The number of halogens is 2. The van der Waals surface area contributed by atoms with Crippen LogP contribution in [0.5, 0.6) is 0 Å². The number of hydrogen-bond acceptors (Lipinski definition) is 3. The molecule has 0 N–H and O–H groups in total. The van der Waals surface area contributed by atoms with Crippen LogP contribution < -0.4 is 0 Å². The number of likely N-dealkylation sites (N-methyl/N-ethyl adjacent to an activating group) is 1. The molecule has 0 aromatic heterocycles. The van der Waals surface area contributed by atoms with Gasteiger partial charge in [0.2, 0.25) is 0 Å². The molecular weight excluding hydrogens is 313 g/mol. The Morgan fingerprint density at radius 3 is 2.43 bits per heavy atom. The highest BCUT2D eigenvalue weighted by Gasteiger charge is 2.24. The van der Waals surface area contributed by atoms with Gasteiger partial charge in [0.1, 0.15) is 0 Å². The van der Waals surface area contributed by atoms with Gasteiger partial charge in [0.05, 0.1) is 5.69 Å². The van der Waals surface area contributed by atoms with Gasteiger partial charge in [-0.1, -0.05) is 31.5 Å². The summed E-state index contributed by atoms with van der Waals surface area (Å²) < 4.78 is 31.7. The summed E-state index contributed by atoms with van der Waals surface area (Å²) in [6.07, 6.45) is 0. The van der Waals surface area contributed by atoms with Gasteiger partial charge in [0, 0.05) is 31.2 Å². The second-order valence-electron chi connectivity index (χ2n) is 5.62. The third-order valence-corrected chi connectivity index (χ3v) is 5.37. The minimum absolute atomic E-state index is 0.277. The Morgan fingerprint density at radius 1 is 1.29 bits per heavy atom. The highest BCUT2D eigenvalue weighted by molar-refractivity contribution is 7.86. The molecule has 1 unspecified atom stereocenters. The van der Waals surface area contributed by atoms with Crippen LogP contribution in [0.4, 0.5) is 9.57 Å². The molecule has 0 spiro atoms. The maximum absolute atomic E-state index is 14.4. The number of piperazine rings is 1. The molecule has 1 heterocycles. The van der Waals surface area contributed by atoms with E-state index in [0.717, 1.165) is 5.56 Å². The third-order valence-electron chi connectivity index (χ3n) is 3.60. The zero-order valence-corrected chi connectivity index (χ0v) is 14.1. The molecule has 0 bridgehead atoms. The normalized spacial score (nSPS) is 20.5. The largest absolute Gasteiger partial charge is 0.304 e. The molecule has 1 saturated heterocycles. The molecule has 1 aliphatic heterocycles. The first-order chi connectivity index (χ1) is 9.79. The van der Waals surface area contributed by atoms with E-state index in [1.54, 1.807) is 12.1 Å². The summed E-state index contributed by atoms with van der Waals surface area (Å²) in [5, 5.41) is 0.528. The minimum atomic E-state index is -3.89. The maximum atomic E-state index is 14.4. The summed E-state index contributed by atoms with van der Waals surface area (Å²) in [5.74, 6) is 0.277. The summed E-state index contributed by atoms with van der Waals surface area (Å²) in [5.41, 5.74) is 1.29. The number of rotatable bonds is 3. The van der Waals surface area contributed by atoms with Gasteiger partial charge in [-0.25, -0.2) is 0 Å². The molecule has 1 aliphatic rings. The van der Waals surface area contributed by atoms with Crippen molar-refractivity contribution >= 4 is 27.6 Å². The fourth-order valence-electron chi connectivity index (χ4n) is 2.24. The highest BCUT2D eigenvalue weighted by Crippen LogP contribution is 2.29. The van der Waals surface area contributed by atoms with Crippen molar-refractivity contribution in [2.45, 2.75) is 19.8 Å². The SMILES string of the molecule is CC(C)c1ccc(N=S(=O)(F)N2CCN(C)CC2)cc1Cl. The van der Waals surface area contributed by atoms with Crippen molar-refractivity contribution in [2.24, 2.45) is 4.36 Å². The lowest BCUT2D eigenvalue weighted by atomic mass is 10.0. The first kappa shape index (κ1) is 16.7. The zero-order chi connectivity index (χ0) is 15.6.